The van der Waals surface area contributed by atoms with Crippen LogP contribution in [0.3, 0.4) is 0 Å². The minimum atomic E-state index is -4.17. The third-order valence-corrected chi connectivity index (χ3v) is 3.71. The number of hydrogen-bond acceptors (Lipinski definition) is 2. The molecule has 102 valence electrons. The topological polar surface area (TPSA) is 29.3 Å². The van der Waals surface area contributed by atoms with E-state index < -0.39 is 12.2 Å². The van der Waals surface area contributed by atoms with Gasteiger partial charge < -0.3 is 5.73 Å². The van der Waals surface area contributed by atoms with Crippen molar-refractivity contribution in [2.24, 2.45) is 5.73 Å². The monoisotopic (exact) mass is 252 g/mol. The van der Waals surface area contributed by atoms with Gasteiger partial charge in [-0.3, -0.25) is 4.90 Å². The smallest absolute Gasteiger partial charge is 0.330 e. The van der Waals surface area contributed by atoms with Gasteiger partial charge in [0.1, 0.15) is 6.04 Å². The van der Waals surface area contributed by atoms with Crippen molar-refractivity contribution in [2.45, 2.75) is 63.2 Å². The standard InChI is InChI=1S/C12H23F3N2/c1-17(10-6-4-2-3-5-7-10)11(8-9-16)12(13,14)15/h10-11H,2-9,16H2,1H3. The summed E-state index contributed by atoms with van der Waals surface area (Å²) < 4.78 is 38.8. The SMILES string of the molecule is CN(C1CCCCCC1)C(CCN)C(F)(F)F. The van der Waals surface area contributed by atoms with E-state index in [1.54, 1.807) is 7.05 Å². The highest BCUT2D eigenvalue weighted by Crippen LogP contribution is 2.31. The molecule has 0 spiro atoms. The van der Waals surface area contributed by atoms with Crippen LogP contribution in [0.4, 0.5) is 13.2 Å². The Morgan fingerprint density at radius 1 is 1.18 bits per heavy atom. The predicted molar refractivity (Wildman–Crippen MR) is 62.8 cm³/mol. The number of alkyl halides is 3. The lowest BCUT2D eigenvalue weighted by Crippen LogP contribution is -2.49. The molecule has 1 fully saturated rings. The molecule has 0 aromatic carbocycles. The van der Waals surface area contributed by atoms with Crippen LogP contribution in [0, 0.1) is 0 Å². The molecule has 2 nitrogen and oxygen atoms in total. The third-order valence-electron chi connectivity index (χ3n) is 3.71. The molecule has 0 aliphatic heterocycles. The van der Waals surface area contributed by atoms with Crippen molar-refractivity contribution < 1.29 is 13.2 Å². The Morgan fingerprint density at radius 3 is 2.12 bits per heavy atom. The largest absolute Gasteiger partial charge is 0.404 e. The Bertz CT molecular complexity index is 210. The quantitative estimate of drug-likeness (QED) is 0.779. The number of hydrogen-bond donors (Lipinski definition) is 1. The molecule has 1 aliphatic rings. The minimum Gasteiger partial charge on any atom is -0.330 e. The molecule has 0 amide bonds. The number of halogens is 3. The van der Waals surface area contributed by atoms with E-state index in [0.29, 0.717) is 0 Å². The van der Waals surface area contributed by atoms with Gasteiger partial charge in [0.15, 0.2) is 0 Å². The minimum absolute atomic E-state index is 0.00347. The highest BCUT2D eigenvalue weighted by Gasteiger charge is 2.43. The van der Waals surface area contributed by atoms with E-state index in [9.17, 15) is 13.2 Å². The van der Waals surface area contributed by atoms with Crippen LogP contribution in [0.15, 0.2) is 0 Å². The van der Waals surface area contributed by atoms with Crippen molar-refractivity contribution in [3.8, 4) is 0 Å². The summed E-state index contributed by atoms with van der Waals surface area (Å²) >= 11 is 0. The molecule has 1 atom stereocenters. The second-order valence-corrected chi connectivity index (χ2v) is 4.95. The Morgan fingerprint density at radius 2 is 1.71 bits per heavy atom. The summed E-state index contributed by atoms with van der Waals surface area (Å²) in [6.07, 6.45) is 1.98. The molecule has 1 unspecified atom stereocenters. The molecular formula is C12H23F3N2. The first-order chi connectivity index (χ1) is 7.96. The fourth-order valence-corrected chi connectivity index (χ4v) is 2.68. The lowest BCUT2D eigenvalue weighted by atomic mass is 10.0. The predicted octanol–water partition coefficient (Wildman–Crippen LogP) is 2.92. The van der Waals surface area contributed by atoms with E-state index in [2.05, 4.69) is 0 Å². The summed E-state index contributed by atoms with van der Waals surface area (Å²) in [6.45, 7) is 0.0846. The molecule has 5 heteroatoms. The molecule has 1 rings (SSSR count). The summed E-state index contributed by atoms with van der Waals surface area (Å²) in [6, 6.07) is -1.31. The van der Waals surface area contributed by atoms with Gasteiger partial charge in [-0.2, -0.15) is 13.2 Å². The molecule has 2 N–H and O–H groups in total. The van der Waals surface area contributed by atoms with Crippen molar-refractivity contribution in [1.29, 1.82) is 0 Å². The lowest BCUT2D eigenvalue weighted by molar-refractivity contribution is -0.187. The first kappa shape index (κ1) is 14.8. The maximum atomic E-state index is 12.9. The van der Waals surface area contributed by atoms with Gasteiger partial charge in [-0.15, -0.1) is 0 Å². The van der Waals surface area contributed by atoms with Crippen molar-refractivity contribution in [2.75, 3.05) is 13.6 Å². The maximum absolute atomic E-state index is 12.9. The van der Waals surface area contributed by atoms with Crippen LogP contribution >= 0.6 is 0 Å². The van der Waals surface area contributed by atoms with E-state index >= 15 is 0 Å². The van der Waals surface area contributed by atoms with Crippen LogP contribution < -0.4 is 5.73 Å². The van der Waals surface area contributed by atoms with Crippen LogP contribution in [0.1, 0.15) is 44.9 Å². The van der Waals surface area contributed by atoms with E-state index in [0.717, 1.165) is 38.5 Å². The lowest BCUT2D eigenvalue weighted by Gasteiger charge is -2.35. The Hall–Kier alpha value is -0.290. The Kier molecular flexibility index (Phi) is 5.73. The molecule has 0 radical (unpaired) electrons. The molecular weight excluding hydrogens is 229 g/mol. The molecule has 0 bridgehead atoms. The Balaban J connectivity index is 2.65. The van der Waals surface area contributed by atoms with Crippen LogP contribution in [0.5, 0.6) is 0 Å². The highest BCUT2D eigenvalue weighted by molar-refractivity contribution is 4.83. The zero-order valence-electron chi connectivity index (χ0n) is 10.5. The first-order valence-corrected chi connectivity index (χ1v) is 6.45. The molecule has 17 heavy (non-hydrogen) atoms. The molecule has 0 aromatic heterocycles. The molecule has 1 aliphatic carbocycles. The fraction of sp³-hybridized carbons (Fsp3) is 1.00. The van der Waals surface area contributed by atoms with Crippen LogP contribution in [0.25, 0.3) is 0 Å². The van der Waals surface area contributed by atoms with Crippen molar-refractivity contribution in [3.05, 3.63) is 0 Å². The number of nitrogens with two attached hydrogens (primary N) is 1. The fourth-order valence-electron chi connectivity index (χ4n) is 2.68. The van der Waals surface area contributed by atoms with Gasteiger partial charge in [0.25, 0.3) is 0 Å². The summed E-state index contributed by atoms with van der Waals surface area (Å²) in [5.41, 5.74) is 5.30. The molecule has 0 saturated heterocycles. The van der Waals surface area contributed by atoms with Crippen LogP contribution in [0.2, 0.25) is 0 Å². The van der Waals surface area contributed by atoms with Gasteiger partial charge in [-0.25, -0.2) is 0 Å². The molecule has 1 saturated carbocycles. The average Bonchev–Trinajstić information content (AvgIpc) is 2.51. The Labute approximate surface area is 101 Å². The summed E-state index contributed by atoms with van der Waals surface area (Å²) in [4.78, 5) is 1.51. The highest BCUT2D eigenvalue weighted by atomic mass is 19.4. The van der Waals surface area contributed by atoms with E-state index in [1.165, 1.54) is 4.90 Å². The molecule has 0 aromatic rings. The second kappa shape index (κ2) is 6.59. The van der Waals surface area contributed by atoms with Gasteiger partial charge in [0.05, 0.1) is 0 Å². The third kappa shape index (κ3) is 4.47. The zero-order chi connectivity index (χ0) is 12.9. The summed E-state index contributed by atoms with van der Waals surface area (Å²) in [5, 5.41) is 0. The van der Waals surface area contributed by atoms with Gasteiger partial charge in [0.2, 0.25) is 0 Å². The van der Waals surface area contributed by atoms with Gasteiger partial charge in [0, 0.05) is 6.04 Å². The van der Waals surface area contributed by atoms with Crippen LogP contribution in [-0.2, 0) is 0 Å². The second-order valence-electron chi connectivity index (χ2n) is 4.95. The zero-order valence-corrected chi connectivity index (χ0v) is 10.5. The average molecular weight is 252 g/mol. The van der Waals surface area contributed by atoms with Gasteiger partial charge >= 0.3 is 6.18 Å². The van der Waals surface area contributed by atoms with Gasteiger partial charge in [-0.1, -0.05) is 25.7 Å². The van der Waals surface area contributed by atoms with Gasteiger partial charge in [-0.05, 0) is 32.9 Å². The van der Waals surface area contributed by atoms with E-state index in [4.69, 9.17) is 5.73 Å². The number of nitrogens with zero attached hydrogens (tertiary/aromatic N) is 1. The van der Waals surface area contributed by atoms with Crippen molar-refractivity contribution in [1.82, 2.24) is 4.90 Å². The van der Waals surface area contributed by atoms with Crippen molar-refractivity contribution in [3.63, 3.8) is 0 Å². The number of rotatable bonds is 4. The van der Waals surface area contributed by atoms with Crippen molar-refractivity contribution >= 4 is 0 Å². The van der Waals surface area contributed by atoms with E-state index in [-0.39, 0.29) is 19.0 Å². The summed E-state index contributed by atoms with van der Waals surface area (Å²) in [5.74, 6) is 0. The normalized spacial score (nSPS) is 21.5. The van der Waals surface area contributed by atoms with E-state index in [1.807, 2.05) is 0 Å². The maximum Gasteiger partial charge on any atom is 0.404 e. The van der Waals surface area contributed by atoms with Crippen LogP contribution in [-0.4, -0.2) is 36.8 Å². The summed E-state index contributed by atoms with van der Waals surface area (Å²) in [7, 11) is 1.60. The molecule has 0 heterocycles. The first-order valence-electron chi connectivity index (χ1n) is 6.45.